The second kappa shape index (κ2) is 4.77. The largest absolute Gasteiger partial charge is 0.481 e. The van der Waals surface area contributed by atoms with E-state index in [9.17, 15) is 9.90 Å². The van der Waals surface area contributed by atoms with Gasteiger partial charge in [-0.15, -0.1) is 0 Å². The molecule has 110 valence electrons. The van der Waals surface area contributed by atoms with Crippen molar-refractivity contribution in [2.24, 2.45) is 13.0 Å². The third kappa shape index (κ3) is 1.90. The molecule has 3 rings (SSSR count). The number of aliphatic carboxylic acids is 1. The van der Waals surface area contributed by atoms with E-state index in [0.29, 0.717) is 6.04 Å². The second-order valence-corrected chi connectivity index (χ2v) is 5.85. The summed E-state index contributed by atoms with van der Waals surface area (Å²) in [5.41, 5.74) is 2.04. The molecule has 2 aliphatic rings. The molecule has 3 unspecified atom stereocenters. The number of hydrogen-bond acceptors (Lipinski definition) is 4. The van der Waals surface area contributed by atoms with Crippen molar-refractivity contribution >= 4 is 5.97 Å². The minimum Gasteiger partial charge on any atom is -0.481 e. The summed E-state index contributed by atoms with van der Waals surface area (Å²) < 4.78 is 7.18. The third-order valence-electron chi connectivity index (χ3n) is 4.82. The van der Waals surface area contributed by atoms with Crippen molar-refractivity contribution in [1.82, 2.24) is 14.7 Å². The predicted octanol–water partition coefficient (Wildman–Crippen LogP) is 1.17. The molecule has 0 saturated carbocycles. The van der Waals surface area contributed by atoms with E-state index in [0.717, 1.165) is 42.9 Å². The Kier molecular flexibility index (Phi) is 3.20. The van der Waals surface area contributed by atoms with Crippen LogP contribution in [0.5, 0.6) is 5.88 Å². The number of hydrogen-bond donors (Lipinski definition) is 1. The number of methoxy groups -OCH3 is 1. The number of fused-ring (bicyclic) bond motifs is 2. The van der Waals surface area contributed by atoms with Gasteiger partial charge in [-0.1, -0.05) is 0 Å². The molecule has 20 heavy (non-hydrogen) atoms. The summed E-state index contributed by atoms with van der Waals surface area (Å²) in [6, 6.07) is 0.562. The topological polar surface area (TPSA) is 67.6 Å². The van der Waals surface area contributed by atoms with Crippen LogP contribution in [-0.2, 0) is 18.4 Å². The van der Waals surface area contributed by atoms with Gasteiger partial charge in [0.05, 0.1) is 24.3 Å². The number of aromatic nitrogens is 2. The van der Waals surface area contributed by atoms with E-state index in [1.165, 1.54) is 0 Å². The molecule has 0 radical (unpaired) electrons. The second-order valence-electron chi connectivity index (χ2n) is 5.85. The highest BCUT2D eigenvalue weighted by Crippen LogP contribution is 2.43. The fourth-order valence-electron chi connectivity index (χ4n) is 3.91. The molecule has 1 aromatic rings. The third-order valence-corrected chi connectivity index (χ3v) is 4.82. The number of carbonyl (C=O) groups is 1. The van der Waals surface area contributed by atoms with Gasteiger partial charge in [-0.3, -0.25) is 9.69 Å². The molecule has 2 fully saturated rings. The zero-order chi connectivity index (χ0) is 14.4. The fourth-order valence-corrected chi connectivity index (χ4v) is 3.91. The monoisotopic (exact) mass is 279 g/mol. The van der Waals surface area contributed by atoms with Crippen molar-refractivity contribution in [1.29, 1.82) is 0 Å². The quantitative estimate of drug-likeness (QED) is 0.896. The Balaban J connectivity index is 1.84. The van der Waals surface area contributed by atoms with Crippen molar-refractivity contribution in [3.05, 3.63) is 11.3 Å². The first-order valence-corrected chi connectivity index (χ1v) is 7.08. The van der Waals surface area contributed by atoms with Crippen LogP contribution in [0, 0.1) is 12.8 Å². The molecule has 6 nitrogen and oxygen atoms in total. The summed E-state index contributed by atoms with van der Waals surface area (Å²) in [6.45, 7) is 2.71. The Hall–Kier alpha value is -1.56. The lowest BCUT2D eigenvalue weighted by molar-refractivity contribution is -0.142. The van der Waals surface area contributed by atoms with Crippen LogP contribution in [0.15, 0.2) is 0 Å². The molecular weight excluding hydrogens is 258 g/mol. The Morgan fingerprint density at radius 3 is 2.85 bits per heavy atom. The highest BCUT2D eigenvalue weighted by Gasteiger charge is 2.49. The number of aryl methyl sites for hydroxylation is 2. The summed E-state index contributed by atoms with van der Waals surface area (Å²) in [7, 11) is 3.52. The number of rotatable bonds is 4. The van der Waals surface area contributed by atoms with Crippen LogP contribution in [0.2, 0.25) is 0 Å². The Labute approximate surface area is 118 Å². The summed E-state index contributed by atoms with van der Waals surface area (Å²) in [5, 5.41) is 13.7. The maximum atomic E-state index is 11.3. The smallest absolute Gasteiger partial charge is 0.308 e. The van der Waals surface area contributed by atoms with E-state index >= 15 is 0 Å². The lowest BCUT2D eigenvalue weighted by Gasteiger charge is -2.22. The Bertz CT molecular complexity index is 540. The van der Waals surface area contributed by atoms with Crippen molar-refractivity contribution in [2.45, 2.75) is 44.8 Å². The molecule has 3 atom stereocenters. The normalized spacial score (nSPS) is 29.1. The molecule has 0 aliphatic carbocycles. The molecule has 1 aromatic heterocycles. The molecule has 6 heteroatoms. The summed E-state index contributed by atoms with van der Waals surface area (Å²) in [4.78, 5) is 13.7. The van der Waals surface area contributed by atoms with E-state index in [-0.39, 0.29) is 12.0 Å². The van der Waals surface area contributed by atoms with Gasteiger partial charge in [0.2, 0.25) is 5.88 Å². The maximum Gasteiger partial charge on any atom is 0.308 e. The van der Waals surface area contributed by atoms with Crippen molar-refractivity contribution < 1.29 is 14.6 Å². The molecule has 2 saturated heterocycles. The van der Waals surface area contributed by atoms with E-state index < -0.39 is 5.97 Å². The maximum absolute atomic E-state index is 11.3. The number of carboxylic acid groups (broad SMARTS) is 1. The molecule has 0 amide bonds. The van der Waals surface area contributed by atoms with Gasteiger partial charge in [0.15, 0.2) is 0 Å². The van der Waals surface area contributed by atoms with Crippen LogP contribution in [0.25, 0.3) is 0 Å². The number of nitrogens with zero attached hydrogens (tertiary/aromatic N) is 3. The van der Waals surface area contributed by atoms with Gasteiger partial charge >= 0.3 is 5.97 Å². The van der Waals surface area contributed by atoms with E-state index in [2.05, 4.69) is 10.00 Å². The lowest BCUT2D eigenvalue weighted by atomic mass is 9.89. The molecule has 2 bridgehead atoms. The lowest BCUT2D eigenvalue weighted by Crippen LogP contribution is -2.32. The highest BCUT2D eigenvalue weighted by atomic mass is 16.5. The van der Waals surface area contributed by atoms with Crippen LogP contribution in [0.4, 0.5) is 0 Å². The average Bonchev–Trinajstić information content (AvgIpc) is 3.03. The molecule has 0 spiro atoms. The zero-order valence-electron chi connectivity index (χ0n) is 12.2. The standard InChI is InChI=1S/C14H21N3O3/c1-8-11(13(20-3)16(2)15-8)7-17-9-4-5-12(17)10(6-9)14(18)19/h9-10,12H,4-7H2,1-3H3,(H,18,19). The summed E-state index contributed by atoms with van der Waals surface area (Å²) in [6.07, 6.45) is 2.88. The molecule has 3 heterocycles. The van der Waals surface area contributed by atoms with Gasteiger partial charge in [-0.05, 0) is 26.2 Å². The minimum atomic E-state index is -0.655. The van der Waals surface area contributed by atoms with E-state index in [4.69, 9.17) is 4.74 Å². The van der Waals surface area contributed by atoms with Crippen molar-refractivity contribution in [2.75, 3.05) is 7.11 Å². The van der Waals surface area contributed by atoms with Gasteiger partial charge in [0.1, 0.15) is 0 Å². The van der Waals surface area contributed by atoms with Crippen LogP contribution in [0.1, 0.15) is 30.5 Å². The first kappa shape index (κ1) is 13.4. The van der Waals surface area contributed by atoms with Crippen molar-refractivity contribution in [3.63, 3.8) is 0 Å². The van der Waals surface area contributed by atoms with Gasteiger partial charge in [0.25, 0.3) is 0 Å². The van der Waals surface area contributed by atoms with Gasteiger partial charge < -0.3 is 9.84 Å². The van der Waals surface area contributed by atoms with Gasteiger partial charge in [-0.2, -0.15) is 5.10 Å². The minimum absolute atomic E-state index is 0.168. The van der Waals surface area contributed by atoms with Crippen molar-refractivity contribution in [3.8, 4) is 5.88 Å². The Morgan fingerprint density at radius 1 is 1.50 bits per heavy atom. The molecular formula is C14H21N3O3. The average molecular weight is 279 g/mol. The van der Waals surface area contributed by atoms with Crippen LogP contribution < -0.4 is 4.74 Å². The van der Waals surface area contributed by atoms with Crippen LogP contribution in [0.3, 0.4) is 0 Å². The van der Waals surface area contributed by atoms with Crippen LogP contribution >= 0.6 is 0 Å². The molecule has 2 aliphatic heterocycles. The highest BCUT2D eigenvalue weighted by molar-refractivity contribution is 5.71. The SMILES string of the molecule is COc1c(CN2C3CCC2C(C(=O)O)C3)c(C)nn1C. The summed E-state index contributed by atoms with van der Waals surface area (Å²) >= 11 is 0. The summed E-state index contributed by atoms with van der Waals surface area (Å²) in [5.74, 6) is -0.0885. The van der Waals surface area contributed by atoms with Gasteiger partial charge in [-0.25, -0.2) is 4.68 Å². The first-order chi connectivity index (χ1) is 9.52. The number of carboxylic acids is 1. The van der Waals surface area contributed by atoms with Crippen LogP contribution in [-0.4, -0.2) is 44.9 Å². The first-order valence-electron chi connectivity index (χ1n) is 7.08. The van der Waals surface area contributed by atoms with E-state index in [1.54, 1.807) is 11.8 Å². The van der Waals surface area contributed by atoms with Gasteiger partial charge in [0, 0.05) is 25.7 Å². The number of ether oxygens (including phenoxy) is 1. The predicted molar refractivity (Wildman–Crippen MR) is 72.6 cm³/mol. The zero-order valence-corrected chi connectivity index (χ0v) is 12.2. The molecule has 0 aromatic carbocycles. The van der Waals surface area contributed by atoms with E-state index in [1.807, 2.05) is 14.0 Å². The fraction of sp³-hybridized carbons (Fsp3) is 0.714. The Morgan fingerprint density at radius 2 is 2.25 bits per heavy atom. The molecule has 1 N–H and O–H groups in total.